The summed E-state index contributed by atoms with van der Waals surface area (Å²) in [6, 6.07) is 0. The Balaban J connectivity index is 1.93. The molecule has 2 aliphatic heterocycles. The molecule has 0 aromatic rings. The number of epoxide rings is 1. The van der Waals surface area contributed by atoms with Gasteiger partial charge in [0.25, 0.3) is 0 Å². The van der Waals surface area contributed by atoms with Crippen LogP contribution in [0.25, 0.3) is 0 Å². The zero-order chi connectivity index (χ0) is 24.2. The molecular weight excluding hydrogens is 412 g/mol. The number of methoxy groups -OCH3 is 1. The number of aliphatic hydroxyl groups excluding tert-OH is 2. The lowest BCUT2D eigenvalue weighted by Crippen LogP contribution is -2.44. The van der Waals surface area contributed by atoms with Gasteiger partial charge in [-0.3, -0.25) is 4.79 Å². The van der Waals surface area contributed by atoms with Crippen LogP contribution in [0.1, 0.15) is 60.8 Å². The molecule has 0 aliphatic carbocycles. The Morgan fingerprint density at radius 1 is 1.31 bits per heavy atom. The molecule has 10 atom stereocenters. The molecule has 10 unspecified atom stereocenters. The molecule has 184 valence electrons. The number of carbonyl (C=O) groups is 1. The maximum atomic E-state index is 11.0. The van der Waals surface area contributed by atoms with Crippen LogP contribution in [0, 0.1) is 17.8 Å². The summed E-state index contributed by atoms with van der Waals surface area (Å²) in [6.45, 7) is 11.9. The van der Waals surface area contributed by atoms with E-state index >= 15 is 0 Å². The SMILES string of the molecule is COC(C(C)O)C(C)C1OC1(C)CC(C)/C=C/C=C(\C)C1OC(CC(=O)O)CC(O)C1C. The predicted molar refractivity (Wildman–Crippen MR) is 122 cm³/mol. The highest BCUT2D eigenvalue weighted by Crippen LogP contribution is 2.47. The van der Waals surface area contributed by atoms with Crippen molar-refractivity contribution in [3.63, 3.8) is 0 Å². The van der Waals surface area contributed by atoms with Crippen LogP contribution in [-0.4, -0.2) is 70.6 Å². The second kappa shape index (κ2) is 11.3. The smallest absolute Gasteiger partial charge is 0.305 e. The van der Waals surface area contributed by atoms with E-state index in [9.17, 15) is 15.0 Å². The Kier molecular flexibility index (Phi) is 9.49. The summed E-state index contributed by atoms with van der Waals surface area (Å²) in [5.74, 6) is -0.632. The van der Waals surface area contributed by atoms with Crippen molar-refractivity contribution < 1.29 is 34.3 Å². The molecule has 0 amide bonds. The van der Waals surface area contributed by atoms with Crippen molar-refractivity contribution in [3.05, 3.63) is 23.8 Å². The fourth-order valence-corrected chi connectivity index (χ4v) is 5.23. The van der Waals surface area contributed by atoms with Gasteiger partial charge in [0.15, 0.2) is 0 Å². The molecule has 2 aliphatic rings. The first-order valence-electron chi connectivity index (χ1n) is 11.7. The quantitative estimate of drug-likeness (QED) is 0.324. The van der Waals surface area contributed by atoms with Crippen LogP contribution in [-0.2, 0) is 19.0 Å². The Bertz CT molecular complexity index is 688. The highest BCUT2D eigenvalue weighted by atomic mass is 16.6. The monoisotopic (exact) mass is 454 g/mol. The number of rotatable bonds is 11. The molecule has 0 radical (unpaired) electrons. The van der Waals surface area contributed by atoms with E-state index in [1.54, 1.807) is 14.0 Å². The largest absolute Gasteiger partial charge is 0.481 e. The maximum Gasteiger partial charge on any atom is 0.305 e. The van der Waals surface area contributed by atoms with E-state index in [-0.39, 0.29) is 48.1 Å². The molecule has 7 nitrogen and oxygen atoms in total. The Morgan fingerprint density at radius 2 is 1.97 bits per heavy atom. The minimum atomic E-state index is -0.917. The molecule has 2 rings (SSSR count). The molecule has 0 spiro atoms. The zero-order valence-electron chi connectivity index (χ0n) is 20.5. The summed E-state index contributed by atoms with van der Waals surface area (Å²) in [7, 11) is 1.62. The van der Waals surface area contributed by atoms with E-state index < -0.39 is 24.3 Å². The Labute approximate surface area is 192 Å². The highest BCUT2D eigenvalue weighted by molar-refractivity contribution is 5.67. The summed E-state index contributed by atoms with van der Waals surface area (Å²) in [6.07, 6.45) is 5.12. The molecule has 0 bridgehead atoms. The molecule has 0 aromatic carbocycles. The Morgan fingerprint density at radius 3 is 2.53 bits per heavy atom. The van der Waals surface area contributed by atoms with Crippen LogP contribution in [0.5, 0.6) is 0 Å². The minimum Gasteiger partial charge on any atom is -0.481 e. The van der Waals surface area contributed by atoms with E-state index in [4.69, 9.17) is 19.3 Å². The van der Waals surface area contributed by atoms with Crippen LogP contribution in [0.3, 0.4) is 0 Å². The van der Waals surface area contributed by atoms with Crippen LogP contribution in [0.4, 0.5) is 0 Å². The summed E-state index contributed by atoms with van der Waals surface area (Å²) in [4.78, 5) is 11.0. The first-order chi connectivity index (χ1) is 14.9. The van der Waals surface area contributed by atoms with Crippen LogP contribution < -0.4 is 0 Å². The first-order valence-corrected chi connectivity index (χ1v) is 11.7. The van der Waals surface area contributed by atoms with Crippen molar-refractivity contribution in [2.75, 3.05) is 7.11 Å². The van der Waals surface area contributed by atoms with Gasteiger partial charge in [0, 0.05) is 25.4 Å². The Hall–Kier alpha value is -1.25. The van der Waals surface area contributed by atoms with Crippen molar-refractivity contribution in [1.29, 1.82) is 0 Å². The summed E-state index contributed by atoms with van der Waals surface area (Å²) < 4.78 is 17.5. The number of ether oxygens (including phenoxy) is 3. The molecule has 7 heteroatoms. The van der Waals surface area contributed by atoms with Gasteiger partial charge < -0.3 is 29.5 Å². The molecule has 3 N–H and O–H groups in total. The average Bonchev–Trinajstić information content (AvgIpc) is 3.34. The lowest BCUT2D eigenvalue weighted by molar-refractivity contribution is -0.150. The van der Waals surface area contributed by atoms with Crippen LogP contribution >= 0.6 is 0 Å². The van der Waals surface area contributed by atoms with Crippen LogP contribution in [0.15, 0.2) is 23.8 Å². The summed E-state index contributed by atoms with van der Waals surface area (Å²) in [5, 5.41) is 29.3. The van der Waals surface area contributed by atoms with E-state index in [2.05, 4.69) is 26.8 Å². The third kappa shape index (κ3) is 6.87. The van der Waals surface area contributed by atoms with Crippen molar-refractivity contribution >= 4 is 5.97 Å². The number of hydrogen-bond donors (Lipinski definition) is 3. The standard InChI is InChI=1S/C25H42O7/c1-14(13-25(6)24(32-25)17(4)23(30-7)18(5)26)9-8-10-15(2)22-16(3)20(27)11-19(31-22)12-21(28)29/h8-10,14,16-20,22-24,26-27H,11-13H2,1-7H3,(H,28,29)/b9-8+,15-10+. The number of aliphatic carboxylic acids is 1. The fourth-order valence-electron chi connectivity index (χ4n) is 5.23. The maximum absolute atomic E-state index is 11.0. The summed E-state index contributed by atoms with van der Waals surface area (Å²) >= 11 is 0. The number of allylic oxidation sites excluding steroid dienone is 3. The van der Waals surface area contributed by atoms with Crippen molar-refractivity contribution in [3.8, 4) is 0 Å². The van der Waals surface area contributed by atoms with E-state index in [1.807, 2.05) is 26.0 Å². The van der Waals surface area contributed by atoms with Gasteiger partial charge in [-0.2, -0.15) is 0 Å². The van der Waals surface area contributed by atoms with E-state index in [1.165, 1.54) is 0 Å². The number of aliphatic hydroxyl groups is 2. The van der Waals surface area contributed by atoms with E-state index in [0.717, 1.165) is 12.0 Å². The van der Waals surface area contributed by atoms with Crippen LogP contribution in [0.2, 0.25) is 0 Å². The van der Waals surface area contributed by atoms with Gasteiger partial charge in [0.05, 0.1) is 48.6 Å². The minimum absolute atomic E-state index is 0.0549. The lowest BCUT2D eigenvalue weighted by Gasteiger charge is -2.38. The second-order valence-electron chi connectivity index (χ2n) is 10.1. The molecule has 0 aromatic heterocycles. The number of carboxylic acids is 1. The number of hydrogen-bond acceptors (Lipinski definition) is 6. The molecule has 0 saturated carbocycles. The fraction of sp³-hybridized carbons (Fsp3) is 0.800. The molecule has 2 fully saturated rings. The molecule has 2 heterocycles. The average molecular weight is 455 g/mol. The predicted octanol–water partition coefficient (Wildman–Crippen LogP) is 3.33. The van der Waals surface area contributed by atoms with Gasteiger partial charge in [-0.15, -0.1) is 0 Å². The van der Waals surface area contributed by atoms with Gasteiger partial charge in [-0.1, -0.05) is 39.0 Å². The molecular formula is C25H42O7. The lowest BCUT2D eigenvalue weighted by atomic mass is 9.85. The third-order valence-electron chi connectivity index (χ3n) is 6.99. The van der Waals surface area contributed by atoms with Crippen molar-refractivity contribution in [2.24, 2.45) is 17.8 Å². The van der Waals surface area contributed by atoms with Gasteiger partial charge in [-0.25, -0.2) is 0 Å². The van der Waals surface area contributed by atoms with Gasteiger partial charge >= 0.3 is 5.97 Å². The van der Waals surface area contributed by atoms with Gasteiger partial charge in [0.1, 0.15) is 0 Å². The van der Waals surface area contributed by atoms with E-state index in [0.29, 0.717) is 6.42 Å². The van der Waals surface area contributed by atoms with Crippen molar-refractivity contribution in [1.82, 2.24) is 0 Å². The zero-order valence-corrected chi connectivity index (χ0v) is 20.5. The topological polar surface area (TPSA) is 109 Å². The van der Waals surface area contributed by atoms with Gasteiger partial charge in [-0.05, 0) is 38.7 Å². The summed E-state index contributed by atoms with van der Waals surface area (Å²) in [5.41, 5.74) is 0.735. The first kappa shape index (κ1) is 27.0. The second-order valence-corrected chi connectivity index (χ2v) is 10.1. The van der Waals surface area contributed by atoms with Gasteiger partial charge in [0.2, 0.25) is 0 Å². The van der Waals surface area contributed by atoms with Crippen molar-refractivity contribution in [2.45, 2.75) is 103 Å². The third-order valence-corrected chi connectivity index (χ3v) is 6.99. The number of carboxylic acid groups (broad SMARTS) is 1. The molecule has 2 saturated heterocycles. The molecule has 32 heavy (non-hydrogen) atoms. The normalized spacial score (nSPS) is 37.2. The highest BCUT2D eigenvalue weighted by Gasteiger charge is 2.56.